The van der Waals surface area contributed by atoms with Crippen LogP contribution in [0.2, 0.25) is 0 Å². The summed E-state index contributed by atoms with van der Waals surface area (Å²) in [6.45, 7) is 2.14. The van der Waals surface area contributed by atoms with Gasteiger partial charge in [0.25, 0.3) is 0 Å². The number of likely N-dealkylation sites (tertiary alicyclic amines) is 1. The van der Waals surface area contributed by atoms with E-state index in [4.69, 9.17) is 4.74 Å². The molecule has 3 aromatic rings. The second kappa shape index (κ2) is 11.6. The number of rotatable bonds is 10. The molecular formula is C25H29FN4O3S. The predicted octanol–water partition coefficient (Wildman–Crippen LogP) is 4.64. The summed E-state index contributed by atoms with van der Waals surface area (Å²) in [5, 5.41) is 18.2. The van der Waals surface area contributed by atoms with Crippen molar-refractivity contribution >= 4 is 28.6 Å². The third-order valence-corrected chi connectivity index (χ3v) is 7.46. The first-order valence-corrected chi connectivity index (χ1v) is 12.4. The van der Waals surface area contributed by atoms with Crippen molar-refractivity contribution in [1.29, 1.82) is 0 Å². The number of carbonyl (C=O) groups is 1. The van der Waals surface area contributed by atoms with Gasteiger partial charge >= 0.3 is 5.97 Å². The van der Waals surface area contributed by atoms with Crippen LogP contribution in [0.5, 0.6) is 5.75 Å². The number of thioether (sulfide) groups is 1. The summed E-state index contributed by atoms with van der Waals surface area (Å²) < 4.78 is 20.6. The van der Waals surface area contributed by atoms with Crippen LogP contribution < -0.4 is 4.74 Å². The van der Waals surface area contributed by atoms with Crippen LogP contribution in [0.15, 0.2) is 53.8 Å². The highest BCUT2D eigenvalue weighted by atomic mass is 32.2. The van der Waals surface area contributed by atoms with Crippen LogP contribution in [-0.2, 0) is 4.79 Å². The number of carboxylic acid groups (broad SMARTS) is 1. The molecule has 0 bridgehead atoms. The molecule has 4 rings (SSSR count). The summed E-state index contributed by atoms with van der Waals surface area (Å²) in [4.78, 5) is 19.6. The van der Waals surface area contributed by atoms with E-state index in [9.17, 15) is 9.90 Å². The molecule has 1 saturated heterocycles. The second-order valence-corrected chi connectivity index (χ2v) is 9.72. The van der Waals surface area contributed by atoms with Crippen molar-refractivity contribution < 1.29 is 19.0 Å². The predicted molar refractivity (Wildman–Crippen MR) is 130 cm³/mol. The molecule has 3 atom stereocenters. The number of halogens is 1. The number of nitrogens with zero attached hydrogens (tertiary/aromatic N) is 4. The van der Waals surface area contributed by atoms with Crippen molar-refractivity contribution in [3.05, 3.63) is 54.5 Å². The molecule has 1 fully saturated rings. The van der Waals surface area contributed by atoms with Crippen molar-refractivity contribution in [2.24, 2.45) is 11.8 Å². The lowest BCUT2D eigenvalue weighted by Crippen LogP contribution is -2.44. The lowest BCUT2D eigenvalue weighted by Gasteiger charge is -2.36. The molecule has 1 aliphatic rings. The molecular weight excluding hydrogens is 455 g/mol. The molecule has 0 amide bonds. The van der Waals surface area contributed by atoms with Gasteiger partial charge in [0.05, 0.1) is 30.9 Å². The highest BCUT2D eigenvalue weighted by molar-refractivity contribution is 7.99. The van der Waals surface area contributed by atoms with Crippen molar-refractivity contribution in [1.82, 2.24) is 20.1 Å². The van der Waals surface area contributed by atoms with Gasteiger partial charge < -0.3 is 14.7 Å². The molecule has 1 aliphatic heterocycles. The Morgan fingerprint density at radius 2 is 2.18 bits per heavy atom. The lowest BCUT2D eigenvalue weighted by molar-refractivity contribution is -0.146. The Hall–Kier alpha value is -2.78. The number of methoxy groups -OCH3 is 1. The van der Waals surface area contributed by atoms with Gasteiger partial charge in [0.1, 0.15) is 11.9 Å². The third kappa shape index (κ3) is 6.01. The number of carboxylic acids is 1. The van der Waals surface area contributed by atoms with E-state index in [1.165, 1.54) is 0 Å². The Balaban J connectivity index is 1.34. The number of aromatic nitrogens is 3. The average Bonchev–Trinajstić information content (AvgIpc) is 2.87. The SMILES string of the molecule is COc1ccc2nccc([C@H](F)CC[C@@H]3CCN(CCSc4ccnnc4)C[C@@H]3C(=O)O)c2c1. The standard InChI is InChI=1S/C25H29FN4O3S/c1-33-18-3-5-24-21(14-18)20(7-9-27-24)23(26)4-2-17-8-11-30(16-22(17)25(31)32)12-13-34-19-6-10-28-29-15-19/h3,5-7,9-10,14-15,17,22-23H,2,4,8,11-13,16H2,1H3,(H,31,32)/t17-,22+,23-/m1/s1. The quantitative estimate of drug-likeness (QED) is 0.417. The minimum Gasteiger partial charge on any atom is -0.497 e. The fourth-order valence-electron chi connectivity index (χ4n) is 4.62. The van der Waals surface area contributed by atoms with Crippen LogP contribution in [0, 0.1) is 11.8 Å². The number of hydrogen-bond donors (Lipinski definition) is 1. The zero-order chi connectivity index (χ0) is 23.9. The lowest BCUT2D eigenvalue weighted by atomic mass is 9.81. The maximum atomic E-state index is 15.3. The van der Waals surface area contributed by atoms with E-state index in [2.05, 4.69) is 20.1 Å². The Morgan fingerprint density at radius 1 is 1.29 bits per heavy atom. The van der Waals surface area contributed by atoms with E-state index >= 15 is 4.39 Å². The number of aliphatic carboxylic acids is 1. The molecule has 0 saturated carbocycles. The minimum atomic E-state index is -1.18. The van der Waals surface area contributed by atoms with Crippen LogP contribution in [0.3, 0.4) is 0 Å². The van der Waals surface area contributed by atoms with Crippen LogP contribution in [-0.4, -0.2) is 63.7 Å². The molecule has 2 aromatic heterocycles. The Kier molecular flexibility index (Phi) is 8.29. The number of hydrogen-bond acceptors (Lipinski definition) is 7. The number of fused-ring (bicyclic) bond motifs is 1. The number of alkyl halides is 1. The molecule has 7 nitrogen and oxygen atoms in total. The third-order valence-electron chi connectivity index (χ3n) is 6.50. The van der Waals surface area contributed by atoms with Crippen molar-refractivity contribution in [3.63, 3.8) is 0 Å². The van der Waals surface area contributed by atoms with E-state index in [1.807, 2.05) is 24.3 Å². The van der Waals surface area contributed by atoms with Crippen LogP contribution in [0.25, 0.3) is 10.9 Å². The zero-order valence-corrected chi connectivity index (χ0v) is 20.0. The largest absolute Gasteiger partial charge is 0.497 e. The highest BCUT2D eigenvalue weighted by Gasteiger charge is 2.34. The fourth-order valence-corrected chi connectivity index (χ4v) is 5.48. The molecule has 1 aromatic carbocycles. The van der Waals surface area contributed by atoms with Gasteiger partial charge in [-0.05, 0) is 67.6 Å². The molecule has 34 heavy (non-hydrogen) atoms. The summed E-state index contributed by atoms with van der Waals surface area (Å²) in [6.07, 6.45) is 5.41. The van der Waals surface area contributed by atoms with Gasteiger partial charge in [0, 0.05) is 35.3 Å². The molecule has 0 spiro atoms. The first kappa shape index (κ1) is 24.3. The normalized spacial score (nSPS) is 19.7. The summed E-state index contributed by atoms with van der Waals surface area (Å²) in [5.41, 5.74) is 1.30. The fraction of sp³-hybridized carbons (Fsp3) is 0.440. The molecule has 0 aliphatic carbocycles. The van der Waals surface area contributed by atoms with Crippen molar-refractivity contribution in [3.8, 4) is 5.75 Å². The van der Waals surface area contributed by atoms with E-state index < -0.39 is 18.1 Å². The molecule has 180 valence electrons. The van der Waals surface area contributed by atoms with Gasteiger partial charge in [-0.25, -0.2) is 4.39 Å². The summed E-state index contributed by atoms with van der Waals surface area (Å²) in [5.74, 6) is 0.198. The molecule has 1 N–H and O–H groups in total. The zero-order valence-electron chi connectivity index (χ0n) is 19.1. The van der Waals surface area contributed by atoms with E-state index in [-0.39, 0.29) is 12.3 Å². The first-order valence-electron chi connectivity index (χ1n) is 11.5. The second-order valence-electron chi connectivity index (χ2n) is 8.55. The maximum absolute atomic E-state index is 15.3. The monoisotopic (exact) mass is 484 g/mol. The smallest absolute Gasteiger partial charge is 0.308 e. The molecule has 0 radical (unpaired) electrons. The highest BCUT2D eigenvalue weighted by Crippen LogP contribution is 2.35. The Bertz CT molecular complexity index is 1100. The van der Waals surface area contributed by atoms with Gasteiger partial charge in [0.2, 0.25) is 0 Å². The van der Waals surface area contributed by atoms with E-state index in [0.29, 0.717) is 24.3 Å². The minimum absolute atomic E-state index is 0.0355. The van der Waals surface area contributed by atoms with Crippen LogP contribution in [0.1, 0.15) is 31.0 Å². The summed E-state index contributed by atoms with van der Waals surface area (Å²) >= 11 is 1.68. The summed E-state index contributed by atoms with van der Waals surface area (Å²) in [6, 6.07) is 9.07. The van der Waals surface area contributed by atoms with Crippen molar-refractivity contribution in [2.75, 3.05) is 32.5 Å². The summed E-state index contributed by atoms with van der Waals surface area (Å²) in [7, 11) is 1.58. The number of pyridine rings is 1. The molecule has 3 heterocycles. The van der Waals surface area contributed by atoms with Crippen molar-refractivity contribution in [2.45, 2.75) is 30.3 Å². The Labute approximate surface area is 202 Å². The van der Waals surface area contributed by atoms with Gasteiger partial charge in [0.15, 0.2) is 0 Å². The average molecular weight is 485 g/mol. The number of benzene rings is 1. The van der Waals surface area contributed by atoms with E-state index in [1.54, 1.807) is 43.5 Å². The number of piperidine rings is 1. The molecule has 0 unspecified atom stereocenters. The maximum Gasteiger partial charge on any atom is 0.308 e. The van der Waals surface area contributed by atoms with Crippen LogP contribution >= 0.6 is 11.8 Å². The number of ether oxygens (including phenoxy) is 1. The first-order chi connectivity index (χ1) is 16.5. The van der Waals surface area contributed by atoms with Gasteiger partial charge in [-0.3, -0.25) is 9.78 Å². The van der Waals surface area contributed by atoms with Crippen LogP contribution in [0.4, 0.5) is 4.39 Å². The van der Waals surface area contributed by atoms with Gasteiger partial charge in [-0.2, -0.15) is 10.2 Å². The Morgan fingerprint density at radius 3 is 2.94 bits per heavy atom. The molecule has 9 heteroatoms. The topological polar surface area (TPSA) is 88.4 Å². The van der Waals surface area contributed by atoms with E-state index in [0.717, 1.165) is 41.1 Å². The van der Waals surface area contributed by atoms with Gasteiger partial charge in [-0.1, -0.05) is 0 Å². The van der Waals surface area contributed by atoms with Gasteiger partial charge in [-0.15, -0.1) is 11.8 Å².